The van der Waals surface area contributed by atoms with Crippen molar-refractivity contribution >= 4 is 17.8 Å². The fraction of sp³-hybridized carbons (Fsp3) is 0.500. The topological polar surface area (TPSA) is 104 Å². The summed E-state index contributed by atoms with van der Waals surface area (Å²) in [4.78, 5) is 29.7. The molecule has 2 aromatic heterocycles. The molecule has 0 spiro atoms. The molecule has 2 N–H and O–H groups in total. The maximum Gasteiger partial charge on any atom is 0.490 e. The summed E-state index contributed by atoms with van der Waals surface area (Å²) in [5, 5.41) is 14.7. The highest BCUT2D eigenvalue weighted by Crippen LogP contribution is 2.39. The highest BCUT2D eigenvalue weighted by atomic mass is 19.4. The van der Waals surface area contributed by atoms with Gasteiger partial charge in [0.2, 0.25) is 0 Å². The van der Waals surface area contributed by atoms with Crippen molar-refractivity contribution in [2.45, 2.75) is 44.6 Å². The van der Waals surface area contributed by atoms with Crippen LogP contribution in [0.25, 0.3) is 0 Å². The van der Waals surface area contributed by atoms with Gasteiger partial charge in [-0.3, -0.25) is 10.00 Å². The van der Waals surface area contributed by atoms with Crippen LogP contribution in [0.3, 0.4) is 0 Å². The van der Waals surface area contributed by atoms with Crippen molar-refractivity contribution in [3.8, 4) is 0 Å². The second-order valence-electron chi connectivity index (χ2n) is 8.00. The molecule has 0 aromatic carbocycles. The zero-order valence-corrected chi connectivity index (χ0v) is 17.8. The molecule has 12 heteroatoms. The quantitative estimate of drug-likeness (QED) is 0.737. The maximum atomic E-state index is 12.6. The van der Waals surface area contributed by atoms with Gasteiger partial charge in [-0.15, -0.1) is 0 Å². The molecule has 3 heterocycles. The van der Waals surface area contributed by atoms with Crippen LogP contribution >= 0.6 is 0 Å². The fourth-order valence-corrected chi connectivity index (χ4v) is 3.24. The van der Waals surface area contributed by atoms with Crippen LogP contribution in [0.15, 0.2) is 24.4 Å². The average molecular weight is 454 g/mol. The Morgan fingerprint density at radius 1 is 1.25 bits per heavy atom. The predicted molar refractivity (Wildman–Crippen MR) is 109 cm³/mol. The van der Waals surface area contributed by atoms with Gasteiger partial charge in [0.25, 0.3) is 0 Å². The number of pyridine rings is 1. The van der Waals surface area contributed by atoms with Crippen molar-refractivity contribution in [3.05, 3.63) is 41.3 Å². The Labute approximate surface area is 182 Å². The average Bonchev–Trinajstić information content (AvgIpc) is 3.46. The third kappa shape index (κ3) is 6.42. The van der Waals surface area contributed by atoms with E-state index in [1.165, 1.54) is 18.5 Å². The van der Waals surface area contributed by atoms with Gasteiger partial charge in [-0.1, -0.05) is 0 Å². The molecule has 2 aromatic rings. The van der Waals surface area contributed by atoms with Crippen molar-refractivity contribution < 1.29 is 27.9 Å². The summed E-state index contributed by atoms with van der Waals surface area (Å²) in [5.74, 6) is -1.52. The van der Waals surface area contributed by atoms with Crippen LogP contribution in [0, 0.1) is 0 Å². The van der Waals surface area contributed by atoms with Gasteiger partial charge in [0.15, 0.2) is 0 Å². The van der Waals surface area contributed by atoms with Crippen LogP contribution < -0.4 is 5.32 Å². The van der Waals surface area contributed by atoms with Crippen LogP contribution in [0.2, 0.25) is 0 Å². The fourth-order valence-electron chi connectivity index (χ4n) is 3.24. The number of hydrogen-bond acceptors (Lipinski definition) is 5. The predicted octanol–water partition coefficient (Wildman–Crippen LogP) is 2.90. The third-order valence-electron chi connectivity index (χ3n) is 4.90. The zero-order valence-electron chi connectivity index (χ0n) is 17.8. The van der Waals surface area contributed by atoms with Gasteiger partial charge >= 0.3 is 18.2 Å². The molecule has 0 atom stereocenters. The zero-order chi connectivity index (χ0) is 23.5. The number of halogens is 3. The summed E-state index contributed by atoms with van der Waals surface area (Å²) in [5.41, 5.74) is 3.44. The van der Waals surface area contributed by atoms with Gasteiger partial charge in [0.1, 0.15) is 5.82 Å². The SMILES string of the molecule is CN(C)Cc1ccnc(NC(=O)N2CCn3nc(C4CC4)cc3C2)c1.O=C(O)C(F)(F)F. The molecule has 0 saturated heterocycles. The molecular weight excluding hydrogens is 429 g/mol. The highest BCUT2D eigenvalue weighted by Gasteiger charge is 2.38. The van der Waals surface area contributed by atoms with E-state index in [9.17, 15) is 18.0 Å². The number of aromatic nitrogens is 3. The van der Waals surface area contributed by atoms with Crippen LogP contribution in [-0.4, -0.2) is 68.5 Å². The lowest BCUT2D eigenvalue weighted by Gasteiger charge is -2.27. The monoisotopic (exact) mass is 454 g/mol. The van der Waals surface area contributed by atoms with Crippen molar-refractivity contribution in [1.29, 1.82) is 0 Å². The normalized spacial score (nSPS) is 15.6. The minimum atomic E-state index is -5.08. The lowest BCUT2D eigenvalue weighted by Crippen LogP contribution is -2.41. The molecule has 174 valence electrons. The number of nitrogens with one attached hydrogen (secondary N) is 1. The molecule has 0 bridgehead atoms. The number of hydrogen-bond donors (Lipinski definition) is 2. The van der Waals surface area contributed by atoms with Gasteiger partial charge in [0.05, 0.1) is 24.5 Å². The van der Waals surface area contributed by atoms with E-state index < -0.39 is 12.1 Å². The van der Waals surface area contributed by atoms with Gasteiger partial charge in [-0.25, -0.2) is 14.6 Å². The number of urea groups is 1. The Balaban J connectivity index is 0.000000360. The second-order valence-corrected chi connectivity index (χ2v) is 8.00. The summed E-state index contributed by atoms with van der Waals surface area (Å²) in [6.07, 6.45) is -0.854. The molecular formula is C20H25F3N6O3. The largest absolute Gasteiger partial charge is 0.490 e. The molecule has 2 amide bonds. The van der Waals surface area contributed by atoms with E-state index in [1.807, 2.05) is 35.8 Å². The number of nitrogens with zero attached hydrogens (tertiary/aromatic N) is 5. The first-order chi connectivity index (χ1) is 15.0. The number of amides is 2. The Morgan fingerprint density at radius 2 is 1.94 bits per heavy atom. The molecule has 0 unspecified atom stereocenters. The van der Waals surface area contributed by atoms with E-state index in [-0.39, 0.29) is 6.03 Å². The molecule has 4 rings (SSSR count). The molecule has 1 saturated carbocycles. The first-order valence-electron chi connectivity index (χ1n) is 10.0. The Kier molecular flexibility index (Phi) is 7.02. The van der Waals surface area contributed by atoms with Crippen LogP contribution in [0.4, 0.5) is 23.8 Å². The Morgan fingerprint density at radius 3 is 2.53 bits per heavy atom. The second kappa shape index (κ2) is 9.55. The molecule has 32 heavy (non-hydrogen) atoms. The Bertz CT molecular complexity index is 972. The summed E-state index contributed by atoms with van der Waals surface area (Å²) < 4.78 is 33.8. The van der Waals surface area contributed by atoms with Gasteiger partial charge in [-0.05, 0) is 50.7 Å². The number of carbonyl (C=O) groups excluding carboxylic acids is 1. The number of alkyl halides is 3. The lowest BCUT2D eigenvalue weighted by atomic mass is 10.2. The molecule has 1 aliphatic carbocycles. The van der Waals surface area contributed by atoms with E-state index in [2.05, 4.69) is 26.4 Å². The molecule has 2 aliphatic rings. The number of anilines is 1. The number of carbonyl (C=O) groups is 2. The summed E-state index contributed by atoms with van der Waals surface area (Å²) >= 11 is 0. The van der Waals surface area contributed by atoms with Gasteiger partial charge < -0.3 is 14.9 Å². The minimum Gasteiger partial charge on any atom is -0.475 e. The maximum absolute atomic E-state index is 12.6. The summed E-state index contributed by atoms with van der Waals surface area (Å²) in [6, 6.07) is 5.95. The van der Waals surface area contributed by atoms with E-state index in [0.717, 1.165) is 24.3 Å². The van der Waals surface area contributed by atoms with Gasteiger partial charge in [0, 0.05) is 25.2 Å². The van der Waals surface area contributed by atoms with Crippen LogP contribution in [0.5, 0.6) is 0 Å². The van der Waals surface area contributed by atoms with Crippen molar-refractivity contribution in [1.82, 2.24) is 24.6 Å². The first-order valence-corrected chi connectivity index (χ1v) is 10.0. The lowest BCUT2D eigenvalue weighted by molar-refractivity contribution is -0.192. The Hall–Kier alpha value is -3.15. The third-order valence-corrected chi connectivity index (χ3v) is 4.90. The molecule has 1 aliphatic heterocycles. The number of fused-ring (bicyclic) bond motifs is 1. The van der Waals surface area contributed by atoms with Gasteiger partial charge in [-0.2, -0.15) is 18.3 Å². The number of aliphatic carboxylic acids is 1. The number of carboxylic acids is 1. The number of carboxylic acid groups (broad SMARTS) is 1. The van der Waals surface area contributed by atoms with E-state index in [0.29, 0.717) is 24.8 Å². The summed E-state index contributed by atoms with van der Waals surface area (Å²) in [6.45, 7) is 2.84. The standard InChI is InChI=1S/C18H24N6O.C2HF3O2/c1-22(2)11-13-5-6-19-17(9-13)20-18(25)23-7-8-24-15(12-23)10-16(21-24)14-3-4-14;3-2(4,5)1(6)7/h5-6,9-10,14H,3-4,7-8,11-12H2,1-2H3,(H,19,20,25);(H,6,7). The molecule has 0 radical (unpaired) electrons. The van der Waals surface area contributed by atoms with Crippen LogP contribution in [-0.2, 0) is 24.4 Å². The smallest absolute Gasteiger partial charge is 0.475 e. The van der Waals surface area contributed by atoms with E-state index in [1.54, 1.807) is 6.20 Å². The van der Waals surface area contributed by atoms with Crippen molar-refractivity contribution in [2.24, 2.45) is 0 Å². The highest BCUT2D eigenvalue weighted by molar-refractivity contribution is 5.88. The van der Waals surface area contributed by atoms with Crippen LogP contribution in [0.1, 0.15) is 35.7 Å². The van der Waals surface area contributed by atoms with E-state index >= 15 is 0 Å². The first kappa shape index (κ1) is 23.5. The van der Waals surface area contributed by atoms with Crippen molar-refractivity contribution in [3.63, 3.8) is 0 Å². The van der Waals surface area contributed by atoms with E-state index in [4.69, 9.17) is 9.90 Å². The molecule has 9 nitrogen and oxygen atoms in total. The molecule has 1 fully saturated rings. The number of rotatable bonds is 4. The van der Waals surface area contributed by atoms with Crippen molar-refractivity contribution in [2.75, 3.05) is 26.0 Å². The summed E-state index contributed by atoms with van der Waals surface area (Å²) in [7, 11) is 4.04. The minimum absolute atomic E-state index is 0.102.